The van der Waals surface area contributed by atoms with Crippen molar-refractivity contribution in [3.8, 4) is 0 Å². The highest BCUT2D eigenvalue weighted by atomic mass is 16.1. The highest BCUT2D eigenvalue weighted by Crippen LogP contribution is 2.22. The van der Waals surface area contributed by atoms with Crippen LogP contribution in [0.1, 0.15) is 38.8 Å². The fourth-order valence-electron chi connectivity index (χ4n) is 1.91. The minimum atomic E-state index is -0.316. The maximum Gasteiger partial charge on any atom is 0.125 e. The molecule has 0 amide bonds. The summed E-state index contributed by atoms with van der Waals surface area (Å²) >= 11 is 0. The Kier molecular flexibility index (Phi) is 4.44. The van der Waals surface area contributed by atoms with Gasteiger partial charge >= 0.3 is 0 Å². The largest absolute Gasteiger partial charge is 0.303 e. The van der Waals surface area contributed by atoms with E-state index in [9.17, 15) is 9.59 Å². The molecule has 18 heavy (non-hydrogen) atoms. The maximum atomic E-state index is 10.9. The quantitative estimate of drug-likeness (QED) is 0.722. The molecule has 0 aromatic heterocycles. The van der Waals surface area contributed by atoms with Crippen LogP contribution in [0.3, 0.4) is 0 Å². The molecule has 0 aliphatic rings. The maximum absolute atomic E-state index is 10.9. The molecule has 0 atom stereocenters. The molecule has 0 spiro atoms. The molecule has 1 rings (SSSR count). The molecule has 0 unspecified atom stereocenters. The lowest BCUT2D eigenvalue weighted by Gasteiger charge is -2.18. The van der Waals surface area contributed by atoms with Crippen molar-refractivity contribution in [3.05, 3.63) is 35.4 Å². The highest BCUT2D eigenvalue weighted by Gasteiger charge is 2.19. The van der Waals surface area contributed by atoms with Crippen LogP contribution in [0.5, 0.6) is 0 Å². The van der Waals surface area contributed by atoms with Gasteiger partial charge in [0.1, 0.15) is 12.6 Å². The SMILES string of the molecule is CC(C)(C=O)Cc1ccc(CC(C)(C)C=O)cc1. The molecular weight excluding hydrogens is 224 g/mol. The topological polar surface area (TPSA) is 34.1 Å². The summed E-state index contributed by atoms with van der Waals surface area (Å²) < 4.78 is 0. The van der Waals surface area contributed by atoms with Gasteiger partial charge in [0.15, 0.2) is 0 Å². The zero-order chi connectivity index (χ0) is 13.8. The predicted octanol–water partition coefficient (Wildman–Crippen LogP) is 3.22. The van der Waals surface area contributed by atoms with Gasteiger partial charge in [-0.05, 0) is 24.0 Å². The molecule has 0 bridgehead atoms. The number of rotatable bonds is 6. The van der Waals surface area contributed by atoms with Gasteiger partial charge in [0, 0.05) is 10.8 Å². The van der Waals surface area contributed by atoms with E-state index in [-0.39, 0.29) is 10.8 Å². The lowest BCUT2D eigenvalue weighted by molar-refractivity contribution is -0.115. The minimum absolute atomic E-state index is 0.316. The summed E-state index contributed by atoms with van der Waals surface area (Å²) in [6.07, 6.45) is 3.48. The van der Waals surface area contributed by atoms with Crippen molar-refractivity contribution >= 4 is 12.6 Å². The zero-order valence-corrected chi connectivity index (χ0v) is 11.7. The fraction of sp³-hybridized carbons (Fsp3) is 0.500. The van der Waals surface area contributed by atoms with Crippen LogP contribution in [0.25, 0.3) is 0 Å². The zero-order valence-electron chi connectivity index (χ0n) is 11.7. The van der Waals surface area contributed by atoms with Crippen LogP contribution in [0.4, 0.5) is 0 Å². The normalized spacial score (nSPS) is 12.2. The molecule has 0 saturated heterocycles. The third-order valence-electron chi connectivity index (χ3n) is 2.98. The van der Waals surface area contributed by atoms with Crippen molar-refractivity contribution in [2.75, 3.05) is 0 Å². The van der Waals surface area contributed by atoms with Crippen LogP contribution < -0.4 is 0 Å². The van der Waals surface area contributed by atoms with E-state index in [1.807, 2.05) is 52.0 Å². The van der Waals surface area contributed by atoms with Crippen LogP contribution in [0, 0.1) is 10.8 Å². The van der Waals surface area contributed by atoms with Gasteiger partial charge in [-0.25, -0.2) is 0 Å². The van der Waals surface area contributed by atoms with Gasteiger partial charge < -0.3 is 9.59 Å². The molecule has 0 N–H and O–H groups in total. The molecule has 0 aliphatic carbocycles. The van der Waals surface area contributed by atoms with Gasteiger partial charge in [0.05, 0.1) is 0 Å². The molecule has 0 radical (unpaired) electrons. The van der Waals surface area contributed by atoms with E-state index in [4.69, 9.17) is 0 Å². The second-order valence-corrected chi connectivity index (χ2v) is 6.38. The summed E-state index contributed by atoms with van der Waals surface area (Å²) in [6, 6.07) is 8.17. The Morgan fingerprint density at radius 2 is 1.06 bits per heavy atom. The molecule has 1 aromatic rings. The molecule has 0 saturated carbocycles. The smallest absolute Gasteiger partial charge is 0.125 e. The van der Waals surface area contributed by atoms with Gasteiger partial charge in [-0.3, -0.25) is 0 Å². The summed E-state index contributed by atoms with van der Waals surface area (Å²) in [6.45, 7) is 7.74. The van der Waals surface area contributed by atoms with E-state index in [0.29, 0.717) is 0 Å². The Bertz CT molecular complexity index is 372. The number of carbonyl (C=O) groups is 2. The Hall–Kier alpha value is -1.44. The second-order valence-electron chi connectivity index (χ2n) is 6.38. The minimum Gasteiger partial charge on any atom is -0.303 e. The number of aldehydes is 2. The van der Waals surface area contributed by atoms with E-state index in [1.165, 1.54) is 0 Å². The number of hydrogen-bond donors (Lipinski definition) is 0. The lowest BCUT2D eigenvalue weighted by atomic mass is 9.85. The monoisotopic (exact) mass is 246 g/mol. The molecule has 1 aromatic carbocycles. The predicted molar refractivity (Wildman–Crippen MR) is 73.5 cm³/mol. The number of benzene rings is 1. The van der Waals surface area contributed by atoms with Gasteiger partial charge in [-0.1, -0.05) is 52.0 Å². The molecule has 0 fully saturated rings. The summed E-state index contributed by atoms with van der Waals surface area (Å²) in [7, 11) is 0. The van der Waals surface area contributed by atoms with E-state index >= 15 is 0 Å². The van der Waals surface area contributed by atoms with Crippen molar-refractivity contribution in [2.45, 2.75) is 40.5 Å². The molecule has 0 heterocycles. The van der Waals surface area contributed by atoms with Crippen molar-refractivity contribution in [2.24, 2.45) is 10.8 Å². The van der Waals surface area contributed by atoms with Gasteiger partial charge in [-0.15, -0.1) is 0 Å². The molecule has 2 nitrogen and oxygen atoms in total. The van der Waals surface area contributed by atoms with Crippen LogP contribution in [-0.2, 0) is 22.4 Å². The average molecular weight is 246 g/mol. The van der Waals surface area contributed by atoms with Gasteiger partial charge in [0.2, 0.25) is 0 Å². The molecule has 98 valence electrons. The number of hydrogen-bond acceptors (Lipinski definition) is 2. The third-order valence-corrected chi connectivity index (χ3v) is 2.98. The first-order valence-corrected chi connectivity index (χ1v) is 6.28. The summed E-state index contributed by atoms with van der Waals surface area (Å²) in [5.74, 6) is 0. The summed E-state index contributed by atoms with van der Waals surface area (Å²) in [4.78, 5) is 21.8. The van der Waals surface area contributed by atoms with Crippen molar-refractivity contribution in [3.63, 3.8) is 0 Å². The Morgan fingerprint density at radius 3 is 1.28 bits per heavy atom. The average Bonchev–Trinajstić information content (AvgIpc) is 2.31. The number of carbonyl (C=O) groups excluding carboxylic acids is 2. The van der Waals surface area contributed by atoms with E-state index in [2.05, 4.69) is 0 Å². The molecule has 0 aliphatic heterocycles. The van der Waals surface area contributed by atoms with E-state index in [1.54, 1.807) is 0 Å². The molecule has 2 heteroatoms. The van der Waals surface area contributed by atoms with Gasteiger partial charge in [0.25, 0.3) is 0 Å². The van der Waals surface area contributed by atoms with Crippen molar-refractivity contribution in [1.29, 1.82) is 0 Å². The first-order chi connectivity index (χ1) is 8.28. The van der Waals surface area contributed by atoms with Crippen LogP contribution in [0.15, 0.2) is 24.3 Å². The highest BCUT2D eigenvalue weighted by molar-refractivity contribution is 5.59. The van der Waals surface area contributed by atoms with Crippen LogP contribution in [0.2, 0.25) is 0 Å². The first-order valence-electron chi connectivity index (χ1n) is 6.28. The van der Waals surface area contributed by atoms with Crippen molar-refractivity contribution in [1.82, 2.24) is 0 Å². The summed E-state index contributed by atoms with van der Waals surface area (Å²) in [5.41, 5.74) is 1.67. The molecular formula is C16H22O2. The van der Waals surface area contributed by atoms with E-state index in [0.717, 1.165) is 36.5 Å². The Labute approximate surface area is 109 Å². The van der Waals surface area contributed by atoms with E-state index < -0.39 is 0 Å². The fourth-order valence-corrected chi connectivity index (χ4v) is 1.91. The Morgan fingerprint density at radius 1 is 0.778 bits per heavy atom. The first kappa shape index (κ1) is 14.6. The summed E-state index contributed by atoms with van der Waals surface area (Å²) in [5, 5.41) is 0. The van der Waals surface area contributed by atoms with Crippen LogP contribution >= 0.6 is 0 Å². The Balaban J connectivity index is 2.75. The van der Waals surface area contributed by atoms with Crippen LogP contribution in [-0.4, -0.2) is 12.6 Å². The standard InChI is InChI=1S/C16H22O2/c1-15(2,11-17)9-13-5-7-14(8-6-13)10-16(3,4)12-18/h5-8,11-12H,9-10H2,1-4H3. The second kappa shape index (κ2) is 5.47. The van der Waals surface area contributed by atoms with Crippen molar-refractivity contribution < 1.29 is 9.59 Å². The van der Waals surface area contributed by atoms with Gasteiger partial charge in [-0.2, -0.15) is 0 Å². The third kappa shape index (κ3) is 4.44. The lowest BCUT2D eigenvalue weighted by Crippen LogP contribution is -2.17.